The summed E-state index contributed by atoms with van der Waals surface area (Å²) in [6.45, 7) is 22.8. The standard InChI is InChI=1S/C27H32N2O3.4C2H6.CH5N/c1-3-20(2)24-16-28(15-22-12-8-5-9-13-22)17-25(24)27(31)29-23(18-32-19-26(29)30)14-21-10-6-4-7-11-21;5*1-2/h3-13,23-25H,14-19H2,1-2H3;4*1-2H3;2H2,1H3/b20-3+;;;;;/t23-,24?,25?;;;;;/m0...../s1. The summed E-state index contributed by atoms with van der Waals surface area (Å²) in [4.78, 5) is 30.6. The van der Waals surface area contributed by atoms with Crippen molar-refractivity contribution in [2.45, 2.75) is 88.2 Å². The van der Waals surface area contributed by atoms with E-state index in [2.05, 4.69) is 35.8 Å². The highest BCUT2D eigenvalue weighted by Gasteiger charge is 2.44. The highest BCUT2D eigenvalue weighted by atomic mass is 16.5. The lowest BCUT2D eigenvalue weighted by Crippen LogP contribution is -2.56. The first-order valence-corrected chi connectivity index (χ1v) is 16.0. The summed E-state index contributed by atoms with van der Waals surface area (Å²) in [5.74, 6) is -0.388. The fraction of sp³-hybridized carbons (Fsp3) is 0.556. The van der Waals surface area contributed by atoms with Gasteiger partial charge in [-0.05, 0) is 38.4 Å². The van der Waals surface area contributed by atoms with Gasteiger partial charge in [-0.15, -0.1) is 0 Å². The summed E-state index contributed by atoms with van der Waals surface area (Å²) < 4.78 is 5.54. The molecule has 0 aliphatic carbocycles. The van der Waals surface area contributed by atoms with Gasteiger partial charge in [0.2, 0.25) is 5.91 Å². The summed E-state index contributed by atoms with van der Waals surface area (Å²) in [7, 11) is 1.50. The highest BCUT2D eigenvalue weighted by Crippen LogP contribution is 2.33. The number of carbonyl (C=O) groups is 2. The van der Waals surface area contributed by atoms with Crippen molar-refractivity contribution in [1.29, 1.82) is 0 Å². The van der Waals surface area contributed by atoms with Crippen LogP contribution in [0.1, 0.15) is 80.4 Å². The van der Waals surface area contributed by atoms with Crippen LogP contribution in [0.5, 0.6) is 0 Å². The molecule has 2 fully saturated rings. The summed E-state index contributed by atoms with van der Waals surface area (Å²) >= 11 is 0. The number of allylic oxidation sites excluding steroid dienone is 1. The van der Waals surface area contributed by atoms with Crippen LogP contribution in [0.4, 0.5) is 0 Å². The lowest BCUT2D eigenvalue weighted by atomic mass is 9.87. The molecule has 0 spiro atoms. The molecule has 0 aromatic heterocycles. The minimum Gasteiger partial charge on any atom is -0.369 e. The molecule has 2 N–H and O–H groups in total. The second-order valence-electron chi connectivity index (χ2n) is 8.89. The molecule has 0 radical (unpaired) electrons. The Morgan fingerprint density at radius 1 is 0.833 bits per heavy atom. The first kappa shape index (κ1) is 41.3. The normalized spacial score (nSPS) is 19.5. The van der Waals surface area contributed by atoms with Gasteiger partial charge in [0.15, 0.2) is 0 Å². The molecule has 4 rings (SSSR count). The Morgan fingerprint density at radius 3 is 1.81 bits per heavy atom. The molecule has 2 unspecified atom stereocenters. The van der Waals surface area contributed by atoms with E-state index in [9.17, 15) is 9.59 Å². The monoisotopic (exact) mass is 583 g/mol. The van der Waals surface area contributed by atoms with Gasteiger partial charge in [0.25, 0.3) is 5.91 Å². The number of benzene rings is 2. The summed E-state index contributed by atoms with van der Waals surface area (Å²) in [5, 5.41) is 0. The third-order valence-corrected chi connectivity index (χ3v) is 6.72. The molecule has 0 bridgehead atoms. The molecule has 2 aromatic rings. The summed E-state index contributed by atoms with van der Waals surface area (Å²) in [6, 6.07) is 20.1. The van der Waals surface area contributed by atoms with E-state index in [0.717, 1.165) is 18.7 Å². The van der Waals surface area contributed by atoms with Crippen LogP contribution in [-0.4, -0.2) is 61.0 Å². The third kappa shape index (κ3) is 13.0. The van der Waals surface area contributed by atoms with E-state index in [-0.39, 0.29) is 36.3 Å². The molecule has 6 heteroatoms. The number of imide groups is 1. The van der Waals surface area contributed by atoms with Gasteiger partial charge in [-0.1, -0.05) is 128 Å². The van der Waals surface area contributed by atoms with Gasteiger partial charge in [-0.2, -0.15) is 0 Å². The second kappa shape index (κ2) is 25.9. The molecule has 2 aliphatic heterocycles. The molecule has 2 saturated heterocycles. The zero-order valence-electron chi connectivity index (χ0n) is 28.5. The molecule has 2 amide bonds. The van der Waals surface area contributed by atoms with Gasteiger partial charge in [0.05, 0.1) is 18.6 Å². The number of nitrogens with two attached hydrogens (primary N) is 1. The van der Waals surface area contributed by atoms with E-state index < -0.39 is 0 Å². The first-order valence-electron chi connectivity index (χ1n) is 16.0. The van der Waals surface area contributed by atoms with E-state index >= 15 is 0 Å². The van der Waals surface area contributed by atoms with Crippen LogP contribution in [0.25, 0.3) is 0 Å². The van der Waals surface area contributed by atoms with Gasteiger partial charge < -0.3 is 10.5 Å². The maximum atomic E-state index is 13.8. The van der Waals surface area contributed by atoms with Crippen molar-refractivity contribution >= 4 is 11.8 Å². The van der Waals surface area contributed by atoms with Crippen LogP contribution in [0.3, 0.4) is 0 Å². The number of rotatable bonds is 6. The number of morpholine rings is 1. The Morgan fingerprint density at radius 2 is 1.31 bits per heavy atom. The summed E-state index contributed by atoms with van der Waals surface area (Å²) in [6.07, 6.45) is 2.71. The van der Waals surface area contributed by atoms with Gasteiger partial charge >= 0.3 is 0 Å². The highest BCUT2D eigenvalue weighted by molar-refractivity contribution is 5.98. The van der Waals surface area contributed by atoms with Crippen LogP contribution < -0.4 is 5.73 Å². The van der Waals surface area contributed by atoms with Gasteiger partial charge in [-0.3, -0.25) is 19.4 Å². The van der Waals surface area contributed by atoms with Crippen molar-refractivity contribution in [2.75, 3.05) is 33.4 Å². The predicted molar refractivity (Wildman–Crippen MR) is 180 cm³/mol. The molecular weight excluding hydrogens is 522 g/mol. The zero-order chi connectivity index (χ0) is 32.5. The Bertz CT molecular complexity index is 963. The average molecular weight is 584 g/mol. The van der Waals surface area contributed by atoms with Crippen LogP contribution in [0.15, 0.2) is 72.3 Å². The van der Waals surface area contributed by atoms with E-state index in [1.165, 1.54) is 23.1 Å². The molecular formula is C36H61N3O3. The Balaban J connectivity index is 0. The van der Waals surface area contributed by atoms with Crippen LogP contribution in [0, 0.1) is 11.8 Å². The van der Waals surface area contributed by atoms with Crippen molar-refractivity contribution in [1.82, 2.24) is 9.80 Å². The van der Waals surface area contributed by atoms with Crippen molar-refractivity contribution in [3.05, 3.63) is 83.4 Å². The smallest absolute Gasteiger partial charge is 0.255 e. The molecule has 2 aliphatic rings. The average Bonchev–Trinajstić information content (AvgIpc) is 3.50. The Kier molecular flexibility index (Phi) is 25.5. The Hall–Kier alpha value is -2.80. The minimum atomic E-state index is -0.263. The van der Waals surface area contributed by atoms with Gasteiger partial charge in [0.1, 0.15) is 6.61 Å². The topological polar surface area (TPSA) is 75.9 Å². The van der Waals surface area contributed by atoms with Gasteiger partial charge in [-0.25, -0.2) is 0 Å². The molecule has 238 valence electrons. The fourth-order valence-corrected chi connectivity index (χ4v) is 4.93. The van der Waals surface area contributed by atoms with Crippen LogP contribution in [0.2, 0.25) is 0 Å². The van der Waals surface area contributed by atoms with Crippen molar-refractivity contribution in [3.8, 4) is 0 Å². The van der Waals surface area contributed by atoms with E-state index in [4.69, 9.17) is 4.74 Å². The van der Waals surface area contributed by atoms with E-state index in [1.807, 2.05) is 111 Å². The molecule has 3 atom stereocenters. The number of hydrogen-bond donors (Lipinski definition) is 1. The fourth-order valence-electron chi connectivity index (χ4n) is 4.93. The molecule has 0 saturated carbocycles. The maximum absolute atomic E-state index is 13.8. The number of amides is 2. The second-order valence-corrected chi connectivity index (χ2v) is 8.89. The third-order valence-electron chi connectivity index (χ3n) is 6.72. The largest absolute Gasteiger partial charge is 0.369 e. The zero-order valence-corrected chi connectivity index (χ0v) is 28.5. The Labute approximate surface area is 258 Å². The molecule has 2 heterocycles. The number of likely N-dealkylation sites (tertiary alicyclic amines) is 1. The SMILES string of the molecule is C/C=C(\C)C1CN(Cc2ccccc2)CC1C(=O)N1C(=O)COC[C@@H]1Cc1ccccc1.CC.CC.CC.CC.CN. The van der Waals surface area contributed by atoms with Crippen molar-refractivity contribution in [3.63, 3.8) is 0 Å². The van der Waals surface area contributed by atoms with E-state index in [0.29, 0.717) is 19.6 Å². The maximum Gasteiger partial charge on any atom is 0.255 e. The molecule has 2 aromatic carbocycles. The predicted octanol–water partition coefficient (Wildman–Crippen LogP) is 7.38. The number of ether oxygens (including phenoxy) is 1. The van der Waals surface area contributed by atoms with Gasteiger partial charge in [0, 0.05) is 25.6 Å². The van der Waals surface area contributed by atoms with Crippen LogP contribution >= 0.6 is 0 Å². The first-order chi connectivity index (χ1) is 20.6. The number of carbonyl (C=O) groups excluding carboxylic acids is 2. The van der Waals surface area contributed by atoms with E-state index in [1.54, 1.807) is 0 Å². The van der Waals surface area contributed by atoms with Crippen molar-refractivity contribution < 1.29 is 14.3 Å². The van der Waals surface area contributed by atoms with Crippen LogP contribution in [-0.2, 0) is 27.3 Å². The number of nitrogens with zero attached hydrogens (tertiary/aromatic N) is 2. The lowest BCUT2D eigenvalue weighted by molar-refractivity contribution is -0.161. The summed E-state index contributed by atoms with van der Waals surface area (Å²) in [5.41, 5.74) is 8.05. The lowest BCUT2D eigenvalue weighted by Gasteiger charge is -2.36. The number of hydrogen-bond acceptors (Lipinski definition) is 5. The quantitative estimate of drug-likeness (QED) is 0.284. The van der Waals surface area contributed by atoms with Crippen molar-refractivity contribution in [2.24, 2.45) is 17.6 Å². The molecule has 6 nitrogen and oxygen atoms in total. The molecule has 42 heavy (non-hydrogen) atoms. The minimum absolute atomic E-state index is 0.0231.